The summed E-state index contributed by atoms with van der Waals surface area (Å²) in [7, 11) is 1.83. The van der Waals surface area contributed by atoms with Crippen LogP contribution in [0.25, 0.3) is 0 Å². The van der Waals surface area contributed by atoms with Crippen LogP contribution in [0.4, 0.5) is 5.69 Å². The van der Waals surface area contributed by atoms with Gasteiger partial charge in [-0.2, -0.15) is 10.4 Å². The Hall–Kier alpha value is -3.34. The third kappa shape index (κ3) is 4.44. The minimum Gasteiger partial charge on any atom is -0.356 e. The van der Waals surface area contributed by atoms with Crippen LogP contribution in [0, 0.1) is 11.3 Å². The van der Waals surface area contributed by atoms with Gasteiger partial charge in [-0.3, -0.25) is 9.48 Å². The largest absolute Gasteiger partial charge is 0.356 e. The van der Waals surface area contributed by atoms with Gasteiger partial charge in [0.15, 0.2) is 5.96 Å². The zero-order valence-corrected chi connectivity index (χ0v) is 15.6. The maximum atomic E-state index is 12.6. The number of rotatable bonds is 4. The third-order valence-corrected chi connectivity index (χ3v) is 4.33. The van der Waals surface area contributed by atoms with Gasteiger partial charge >= 0.3 is 0 Å². The van der Waals surface area contributed by atoms with Crippen molar-refractivity contribution in [1.82, 2.24) is 20.0 Å². The van der Waals surface area contributed by atoms with Crippen molar-refractivity contribution in [2.45, 2.75) is 13.5 Å². The molecule has 140 valence electrons. The Morgan fingerprint density at radius 3 is 2.93 bits per heavy atom. The van der Waals surface area contributed by atoms with Crippen LogP contribution in [0.2, 0.25) is 0 Å². The minimum absolute atomic E-state index is 0.0198. The van der Waals surface area contributed by atoms with Crippen LogP contribution < -0.4 is 10.2 Å². The van der Waals surface area contributed by atoms with E-state index in [2.05, 4.69) is 21.5 Å². The topological polar surface area (TPSA) is 89.6 Å². The zero-order valence-electron chi connectivity index (χ0n) is 15.6. The van der Waals surface area contributed by atoms with Gasteiger partial charge in [0.25, 0.3) is 0 Å². The number of hydrogen-bond acceptors (Lipinski definition) is 4. The molecule has 8 heteroatoms. The van der Waals surface area contributed by atoms with Crippen LogP contribution in [0.1, 0.15) is 18.1 Å². The van der Waals surface area contributed by atoms with Gasteiger partial charge in [-0.15, -0.1) is 0 Å². The molecule has 0 spiro atoms. The Morgan fingerprint density at radius 1 is 1.41 bits per heavy atom. The molecule has 27 heavy (non-hydrogen) atoms. The van der Waals surface area contributed by atoms with Crippen molar-refractivity contribution in [2.24, 2.45) is 12.0 Å². The van der Waals surface area contributed by atoms with Crippen LogP contribution in [-0.2, 0) is 18.4 Å². The first-order valence-corrected chi connectivity index (χ1v) is 8.92. The van der Waals surface area contributed by atoms with E-state index in [0.29, 0.717) is 37.7 Å². The van der Waals surface area contributed by atoms with E-state index in [1.165, 1.54) is 0 Å². The van der Waals surface area contributed by atoms with Gasteiger partial charge in [0.05, 0.1) is 30.1 Å². The van der Waals surface area contributed by atoms with Crippen molar-refractivity contribution < 1.29 is 4.79 Å². The van der Waals surface area contributed by atoms with E-state index in [9.17, 15) is 4.79 Å². The number of aromatic nitrogens is 2. The molecule has 1 N–H and O–H groups in total. The first-order chi connectivity index (χ1) is 13.1. The van der Waals surface area contributed by atoms with Crippen LogP contribution in [0.15, 0.2) is 41.7 Å². The second kappa shape index (κ2) is 8.36. The van der Waals surface area contributed by atoms with Gasteiger partial charge in [-0.05, 0) is 24.6 Å². The van der Waals surface area contributed by atoms with Gasteiger partial charge in [-0.1, -0.05) is 12.1 Å². The second-order valence-electron chi connectivity index (χ2n) is 6.32. The van der Waals surface area contributed by atoms with Crippen LogP contribution in [0.5, 0.6) is 0 Å². The summed E-state index contributed by atoms with van der Waals surface area (Å²) in [5.41, 5.74) is 2.40. The number of piperazine rings is 1. The standard InChI is InChI=1S/C19H23N7O/c1-3-21-19(22-11-16-6-4-5-15(9-16)10-20)25-7-8-26(18(27)14-25)17-12-23-24(2)13-17/h4-6,9,12-13H,3,7-8,11,14H2,1-2H3,(H,21,22). The summed E-state index contributed by atoms with van der Waals surface area (Å²) < 4.78 is 1.69. The maximum Gasteiger partial charge on any atom is 0.246 e. The summed E-state index contributed by atoms with van der Waals surface area (Å²) in [6.45, 7) is 4.70. The minimum atomic E-state index is 0.0198. The molecule has 0 bridgehead atoms. The lowest BCUT2D eigenvalue weighted by atomic mass is 10.1. The summed E-state index contributed by atoms with van der Waals surface area (Å²) in [5, 5.41) is 16.4. The lowest BCUT2D eigenvalue weighted by molar-refractivity contribution is -0.120. The number of benzene rings is 1. The molecule has 0 unspecified atom stereocenters. The van der Waals surface area contributed by atoms with Crippen molar-refractivity contribution in [3.05, 3.63) is 47.8 Å². The molecule has 0 radical (unpaired) electrons. The molecule has 0 saturated carbocycles. The molecular formula is C19H23N7O. The molecule has 1 fully saturated rings. The van der Waals surface area contributed by atoms with Crippen LogP contribution in [-0.4, -0.2) is 52.7 Å². The molecule has 2 heterocycles. The number of aliphatic imine (C=N–C) groups is 1. The predicted molar refractivity (Wildman–Crippen MR) is 103 cm³/mol. The van der Waals surface area contributed by atoms with E-state index in [1.54, 1.807) is 21.8 Å². The second-order valence-corrected chi connectivity index (χ2v) is 6.32. The average Bonchev–Trinajstić information content (AvgIpc) is 3.11. The number of guanidine groups is 1. The van der Waals surface area contributed by atoms with Crippen molar-refractivity contribution in [3.8, 4) is 6.07 Å². The van der Waals surface area contributed by atoms with E-state index in [0.717, 1.165) is 11.3 Å². The van der Waals surface area contributed by atoms with Gasteiger partial charge < -0.3 is 15.1 Å². The van der Waals surface area contributed by atoms with E-state index < -0.39 is 0 Å². The molecule has 0 atom stereocenters. The number of anilines is 1. The summed E-state index contributed by atoms with van der Waals surface area (Å²) in [6.07, 6.45) is 3.55. The number of nitrogens with zero attached hydrogens (tertiary/aromatic N) is 6. The van der Waals surface area contributed by atoms with Gasteiger partial charge in [0.1, 0.15) is 6.54 Å². The van der Waals surface area contributed by atoms with E-state index in [-0.39, 0.29) is 12.5 Å². The van der Waals surface area contributed by atoms with Crippen molar-refractivity contribution in [2.75, 3.05) is 31.1 Å². The van der Waals surface area contributed by atoms with Gasteiger partial charge in [-0.25, -0.2) is 4.99 Å². The highest BCUT2D eigenvalue weighted by Crippen LogP contribution is 2.16. The van der Waals surface area contributed by atoms with E-state index in [1.807, 2.05) is 43.3 Å². The maximum absolute atomic E-state index is 12.6. The average molecular weight is 365 g/mol. The van der Waals surface area contributed by atoms with Crippen LogP contribution >= 0.6 is 0 Å². The molecule has 1 aromatic carbocycles. The number of amides is 1. The molecule has 1 saturated heterocycles. The molecular weight excluding hydrogens is 342 g/mol. The molecule has 8 nitrogen and oxygen atoms in total. The normalized spacial score (nSPS) is 15.0. The fourth-order valence-corrected chi connectivity index (χ4v) is 3.01. The number of nitrogens with one attached hydrogen (secondary N) is 1. The summed E-state index contributed by atoms with van der Waals surface area (Å²) >= 11 is 0. The highest BCUT2D eigenvalue weighted by molar-refractivity contribution is 5.98. The third-order valence-electron chi connectivity index (χ3n) is 4.33. The molecule has 3 rings (SSSR count). The molecule has 1 aliphatic rings. The Bertz CT molecular complexity index is 880. The Balaban J connectivity index is 1.70. The number of hydrogen-bond donors (Lipinski definition) is 1. The van der Waals surface area contributed by atoms with Crippen LogP contribution in [0.3, 0.4) is 0 Å². The number of aryl methyl sites for hydroxylation is 1. The lowest BCUT2D eigenvalue weighted by Gasteiger charge is -2.35. The highest BCUT2D eigenvalue weighted by atomic mass is 16.2. The van der Waals surface area contributed by atoms with Crippen molar-refractivity contribution in [1.29, 1.82) is 5.26 Å². The lowest BCUT2D eigenvalue weighted by Crippen LogP contribution is -2.55. The Morgan fingerprint density at radius 2 is 2.26 bits per heavy atom. The molecule has 1 aliphatic heterocycles. The SMILES string of the molecule is CCNC(=NCc1cccc(C#N)c1)N1CCN(c2cnn(C)c2)C(=O)C1. The predicted octanol–water partition coefficient (Wildman–Crippen LogP) is 1.11. The van der Waals surface area contributed by atoms with E-state index >= 15 is 0 Å². The molecule has 0 aliphatic carbocycles. The van der Waals surface area contributed by atoms with Gasteiger partial charge in [0.2, 0.25) is 5.91 Å². The summed E-state index contributed by atoms with van der Waals surface area (Å²) in [6, 6.07) is 9.54. The first kappa shape index (κ1) is 18.5. The first-order valence-electron chi connectivity index (χ1n) is 8.92. The number of carbonyl (C=O) groups excluding carboxylic acids is 1. The smallest absolute Gasteiger partial charge is 0.246 e. The van der Waals surface area contributed by atoms with Crippen molar-refractivity contribution >= 4 is 17.6 Å². The Kier molecular flexibility index (Phi) is 5.71. The quantitative estimate of drug-likeness (QED) is 0.647. The zero-order chi connectivity index (χ0) is 19.2. The highest BCUT2D eigenvalue weighted by Gasteiger charge is 2.27. The fourth-order valence-electron chi connectivity index (χ4n) is 3.01. The Labute approximate surface area is 158 Å². The number of nitriles is 1. The van der Waals surface area contributed by atoms with E-state index in [4.69, 9.17) is 5.26 Å². The molecule has 1 aromatic heterocycles. The summed E-state index contributed by atoms with van der Waals surface area (Å²) in [4.78, 5) is 21.0. The monoisotopic (exact) mass is 365 g/mol. The molecule has 2 aromatic rings. The fraction of sp³-hybridized carbons (Fsp3) is 0.368. The molecule has 1 amide bonds. The number of carbonyl (C=O) groups is 1. The van der Waals surface area contributed by atoms with Crippen molar-refractivity contribution in [3.63, 3.8) is 0 Å². The van der Waals surface area contributed by atoms with Gasteiger partial charge in [0, 0.05) is 32.9 Å². The summed E-state index contributed by atoms with van der Waals surface area (Å²) in [5.74, 6) is 0.727.